The lowest BCUT2D eigenvalue weighted by Gasteiger charge is -2.25. The Morgan fingerprint density at radius 2 is 2.17 bits per heavy atom. The van der Waals surface area contributed by atoms with Crippen molar-refractivity contribution >= 4 is 5.78 Å². The minimum atomic E-state index is -0.430. The zero-order valence-corrected chi connectivity index (χ0v) is 10.3. The molecular weight excluding hydrogens is 237 g/mol. The second-order valence-corrected chi connectivity index (χ2v) is 4.16. The van der Waals surface area contributed by atoms with E-state index < -0.39 is 5.82 Å². The van der Waals surface area contributed by atoms with Gasteiger partial charge in [0.05, 0.1) is 32.4 Å². The first-order chi connectivity index (χ1) is 8.70. The van der Waals surface area contributed by atoms with Crippen LogP contribution in [0.15, 0.2) is 18.2 Å². The van der Waals surface area contributed by atoms with Gasteiger partial charge < -0.3 is 9.47 Å². The van der Waals surface area contributed by atoms with Crippen LogP contribution < -0.4 is 4.74 Å². The van der Waals surface area contributed by atoms with E-state index >= 15 is 0 Å². The van der Waals surface area contributed by atoms with Gasteiger partial charge >= 0.3 is 0 Å². The summed E-state index contributed by atoms with van der Waals surface area (Å²) >= 11 is 0. The van der Waals surface area contributed by atoms with E-state index in [-0.39, 0.29) is 12.3 Å². The van der Waals surface area contributed by atoms with Crippen molar-refractivity contribution in [2.75, 3.05) is 40.0 Å². The highest BCUT2D eigenvalue weighted by atomic mass is 19.1. The van der Waals surface area contributed by atoms with E-state index in [9.17, 15) is 9.18 Å². The zero-order chi connectivity index (χ0) is 13.0. The van der Waals surface area contributed by atoms with Gasteiger partial charge in [-0.2, -0.15) is 0 Å². The summed E-state index contributed by atoms with van der Waals surface area (Å²) in [7, 11) is 1.47. The maximum Gasteiger partial charge on any atom is 0.180 e. The van der Waals surface area contributed by atoms with E-state index in [0.29, 0.717) is 24.5 Å². The van der Waals surface area contributed by atoms with Gasteiger partial charge in [0.15, 0.2) is 5.78 Å². The Balaban J connectivity index is 2.09. The van der Waals surface area contributed by atoms with Crippen LogP contribution in [0.5, 0.6) is 5.75 Å². The number of carbonyl (C=O) groups excluding carboxylic acids is 1. The molecule has 0 amide bonds. The molecule has 5 heteroatoms. The minimum absolute atomic E-state index is 0.131. The van der Waals surface area contributed by atoms with Crippen LogP contribution in [0.3, 0.4) is 0 Å². The predicted octanol–water partition coefficient (Wildman–Crippen LogP) is 1.35. The summed E-state index contributed by atoms with van der Waals surface area (Å²) in [5, 5.41) is 0. The molecule has 0 saturated carbocycles. The number of nitrogens with zero attached hydrogens (tertiary/aromatic N) is 1. The van der Waals surface area contributed by atoms with E-state index in [0.717, 1.165) is 13.1 Å². The van der Waals surface area contributed by atoms with Gasteiger partial charge in [-0.3, -0.25) is 9.69 Å². The first-order valence-corrected chi connectivity index (χ1v) is 5.87. The summed E-state index contributed by atoms with van der Waals surface area (Å²) in [5.74, 6) is -0.149. The largest absolute Gasteiger partial charge is 0.496 e. The van der Waals surface area contributed by atoms with Crippen LogP contribution >= 0.6 is 0 Å². The molecule has 0 atom stereocenters. The molecule has 1 heterocycles. The standard InChI is InChI=1S/C13H16FNO3/c1-17-13-3-2-10(14)8-11(13)12(16)9-15-4-6-18-7-5-15/h2-3,8H,4-7,9H2,1H3. The SMILES string of the molecule is COc1ccc(F)cc1C(=O)CN1CCOCC1. The van der Waals surface area contributed by atoms with Crippen molar-refractivity contribution in [3.05, 3.63) is 29.6 Å². The van der Waals surface area contributed by atoms with Crippen LogP contribution in [-0.4, -0.2) is 50.6 Å². The molecule has 98 valence electrons. The second kappa shape index (κ2) is 5.93. The number of ether oxygens (including phenoxy) is 2. The van der Waals surface area contributed by atoms with E-state index in [4.69, 9.17) is 9.47 Å². The highest BCUT2D eigenvalue weighted by Gasteiger charge is 2.18. The fraction of sp³-hybridized carbons (Fsp3) is 0.462. The molecular formula is C13H16FNO3. The lowest BCUT2D eigenvalue weighted by Crippen LogP contribution is -2.39. The smallest absolute Gasteiger partial charge is 0.180 e. The Labute approximate surface area is 105 Å². The summed E-state index contributed by atoms with van der Waals surface area (Å²) < 4.78 is 23.5. The first-order valence-electron chi connectivity index (χ1n) is 5.87. The Morgan fingerprint density at radius 3 is 2.83 bits per heavy atom. The van der Waals surface area contributed by atoms with Crippen LogP contribution in [-0.2, 0) is 4.74 Å². The second-order valence-electron chi connectivity index (χ2n) is 4.16. The van der Waals surface area contributed by atoms with Crippen molar-refractivity contribution in [1.29, 1.82) is 0 Å². The fourth-order valence-electron chi connectivity index (χ4n) is 1.95. The van der Waals surface area contributed by atoms with Crippen LogP contribution in [0.1, 0.15) is 10.4 Å². The Morgan fingerprint density at radius 1 is 1.44 bits per heavy atom. The molecule has 1 aromatic carbocycles. The zero-order valence-electron chi connectivity index (χ0n) is 10.3. The number of ketones is 1. The van der Waals surface area contributed by atoms with Gasteiger partial charge in [-0.15, -0.1) is 0 Å². The molecule has 1 fully saturated rings. The van der Waals surface area contributed by atoms with E-state index in [2.05, 4.69) is 0 Å². The molecule has 1 saturated heterocycles. The molecule has 0 unspecified atom stereocenters. The molecule has 2 rings (SSSR count). The summed E-state index contributed by atoms with van der Waals surface area (Å²) in [6.45, 7) is 2.98. The highest BCUT2D eigenvalue weighted by Crippen LogP contribution is 2.20. The number of rotatable bonds is 4. The Kier molecular flexibility index (Phi) is 4.28. The molecule has 0 radical (unpaired) electrons. The lowest BCUT2D eigenvalue weighted by atomic mass is 10.1. The summed E-state index contributed by atoms with van der Waals surface area (Å²) in [4.78, 5) is 14.1. The van der Waals surface area contributed by atoms with Crippen LogP contribution in [0, 0.1) is 5.82 Å². The summed E-state index contributed by atoms with van der Waals surface area (Å²) in [6, 6.07) is 3.98. The number of morpholine rings is 1. The summed E-state index contributed by atoms with van der Waals surface area (Å²) in [6.07, 6.45) is 0. The Bertz CT molecular complexity index is 430. The average Bonchev–Trinajstić information content (AvgIpc) is 2.40. The van der Waals surface area contributed by atoms with Crippen molar-refractivity contribution in [2.45, 2.75) is 0 Å². The number of methoxy groups -OCH3 is 1. The van der Waals surface area contributed by atoms with Crippen LogP contribution in [0.2, 0.25) is 0 Å². The molecule has 1 aliphatic heterocycles. The number of benzene rings is 1. The third-order valence-corrected chi connectivity index (χ3v) is 2.93. The third-order valence-electron chi connectivity index (χ3n) is 2.93. The van der Waals surface area contributed by atoms with Gasteiger partial charge in [0.1, 0.15) is 11.6 Å². The average molecular weight is 253 g/mol. The lowest BCUT2D eigenvalue weighted by molar-refractivity contribution is 0.0370. The van der Waals surface area contributed by atoms with E-state index in [1.54, 1.807) is 0 Å². The normalized spacial score (nSPS) is 16.6. The molecule has 0 aliphatic carbocycles. The molecule has 18 heavy (non-hydrogen) atoms. The van der Waals surface area contributed by atoms with Gasteiger partial charge in [0, 0.05) is 13.1 Å². The van der Waals surface area contributed by atoms with Crippen LogP contribution in [0.4, 0.5) is 4.39 Å². The van der Waals surface area contributed by atoms with Crippen molar-refractivity contribution in [1.82, 2.24) is 4.90 Å². The van der Waals surface area contributed by atoms with Crippen molar-refractivity contribution in [3.8, 4) is 5.75 Å². The topological polar surface area (TPSA) is 38.8 Å². The molecule has 1 aromatic rings. The van der Waals surface area contributed by atoms with Gasteiger partial charge in [0.25, 0.3) is 0 Å². The van der Waals surface area contributed by atoms with E-state index in [1.807, 2.05) is 4.90 Å². The summed E-state index contributed by atoms with van der Waals surface area (Å²) in [5.41, 5.74) is 0.295. The highest BCUT2D eigenvalue weighted by molar-refractivity contribution is 6.00. The third kappa shape index (κ3) is 3.05. The quantitative estimate of drug-likeness (QED) is 0.759. The van der Waals surface area contributed by atoms with E-state index in [1.165, 1.54) is 25.3 Å². The number of carbonyl (C=O) groups is 1. The number of Topliss-reactive ketones (excluding diaryl/α,β-unsaturated/α-hetero) is 1. The monoisotopic (exact) mass is 253 g/mol. The van der Waals surface area contributed by atoms with Crippen molar-refractivity contribution in [3.63, 3.8) is 0 Å². The number of halogens is 1. The molecule has 0 aromatic heterocycles. The molecule has 0 bridgehead atoms. The minimum Gasteiger partial charge on any atom is -0.496 e. The maximum atomic E-state index is 13.2. The molecule has 1 aliphatic rings. The van der Waals surface area contributed by atoms with Crippen LogP contribution in [0.25, 0.3) is 0 Å². The first kappa shape index (κ1) is 13.0. The molecule has 4 nitrogen and oxygen atoms in total. The fourth-order valence-corrected chi connectivity index (χ4v) is 1.95. The van der Waals surface area contributed by atoms with Gasteiger partial charge in [-0.1, -0.05) is 0 Å². The number of hydrogen-bond donors (Lipinski definition) is 0. The van der Waals surface area contributed by atoms with Gasteiger partial charge in [-0.25, -0.2) is 4.39 Å². The van der Waals surface area contributed by atoms with Crippen molar-refractivity contribution < 1.29 is 18.7 Å². The predicted molar refractivity (Wildman–Crippen MR) is 64.5 cm³/mol. The van der Waals surface area contributed by atoms with Gasteiger partial charge in [0.2, 0.25) is 0 Å². The van der Waals surface area contributed by atoms with Crippen molar-refractivity contribution in [2.24, 2.45) is 0 Å². The Hall–Kier alpha value is -1.46. The molecule has 0 N–H and O–H groups in total. The van der Waals surface area contributed by atoms with Gasteiger partial charge in [-0.05, 0) is 18.2 Å². The number of hydrogen-bond acceptors (Lipinski definition) is 4. The maximum absolute atomic E-state index is 13.2. The molecule has 0 spiro atoms.